The Labute approximate surface area is 166 Å². The van der Waals surface area contributed by atoms with Crippen LogP contribution in [0.2, 0.25) is 0 Å². The molecule has 1 saturated heterocycles. The molecule has 27 heavy (non-hydrogen) atoms. The summed E-state index contributed by atoms with van der Waals surface area (Å²) in [5.41, 5.74) is 1.75. The first kappa shape index (κ1) is 18.1. The van der Waals surface area contributed by atoms with E-state index in [-0.39, 0.29) is 10.6 Å². The molecule has 2 aromatic rings. The molecule has 2 aliphatic heterocycles. The molecule has 140 valence electrons. The molecule has 7 heteroatoms. The molecule has 1 fully saturated rings. The predicted molar refractivity (Wildman–Crippen MR) is 106 cm³/mol. The molecule has 0 bridgehead atoms. The van der Waals surface area contributed by atoms with E-state index in [0.717, 1.165) is 53.7 Å². The van der Waals surface area contributed by atoms with Crippen molar-refractivity contribution in [2.45, 2.75) is 31.4 Å². The van der Waals surface area contributed by atoms with E-state index in [9.17, 15) is 15.2 Å². The maximum absolute atomic E-state index is 11.7. The molecule has 2 aromatic carbocycles. The van der Waals surface area contributed by atoms with Crippen molar-refractivity contribution in [3.63, 3.8) is 0 Å². The highest BCUT2D eigenvalue weighted by Crippen LogP contribution is 2.38. The van der Waals surface area contributed by atoms with Crippen LogP contribution in [0.3, 0.4) is 0 Å². The van der Waals surface area contributed by atoms with Crippen LogP contribution in [0, 0.1) is 10.1 Å². The Morgan fingerprint density at radius 2 is 1.78 bits per heavy atom. The molecule has 1 N–H and O–H groups in total. The maximum Gasteiger partial charge on any atom is 0.269 e. The summed E-state index contributed by atoms with van der Waals surface area (Å²) in [5.74, 6) is 0. The predicted octanol–water partition coefficient (Wildman–Crippen LogP) is 3.81. The molecular formula is C20H21BrN3O3+. The Hall–Kier alpha value is -2.25. The van der Waals surface area contributed by atoms with Crippen molar-refractivity contribution in [3.8, 4) is 0 Å². The van der Waals surface area contributed by atoms with Crippen LogP contribution in [0.25, 0.3) is 0 Å². The minimum absolute atomic E-state index is 0.0771. The van der Waals surface area contributed by atoms with Crippen molar-refractivity contribution in [1.82, 2.24) is 5.01 Å². The molecule has 4 rings (SSSR count). The average Bonchev–Trinajstić information content (AvgIpc) is 2.82. The van der Waals surface area contributed by atoms with E-state index in [1.807, 2.05) is 24.3 Å². The highest BCUT2D eigenvalue weighted by Gasteiger charge is 2.52. The first-order valence-corrected chi connectivity index (χ1v) is 9.92. The molecule has 2 aliphatic rings. The molecule has 0 saturated carbocycles. The number of aliphatic hydroxyl groups is 1. The lowest BCUT2D eigenvalue weighted by atomic mass is 9.94. The van der Waals surface area contributed by atoms with Crippen molar-refractivity contribution in [2.75, 3.05) is 13.1 Å². The third-order valence-corrected chi connectivity index (χ3v) is 5.93. The van der Waals surface area contributed by atoms with Crippen LogP contribution in [0.4, 0.5) is 5.69 Å². The summed E-state index contributed by atoms with van der Waals surface area (Å²) in [6.07, 6.45) is 3.66. The first-order valence-electron chi connectivity index (χ1n) is 9.13. The van der Waals surface area contributed by atoms with E-state index < -0.39 is 5.72 Å². The summed E-state index contributed by atoms with van der Waals surface area (Å²) in [4.78, 5) is 10.6. The number of hydrazine groups is 1. The Morgan fingerprint density at radius 3 is 2.44 bits per heavy atom. The monoisotopic (exact) mass is 430 g/mol. The summed E-state index contributed by atoms with van der Waals surface area (Å²) < 4.78 is 3.15. The lowest BCUT2D eigenvalue weighted by molar-refractivity contribution is -0.706. The molecule has 0 radical (unpaired) electrons. The number of non-ortho nitro benzene ring substituents is 1. The van der Waals surface area contributed by atoms with Crippen molar-refractivity contribution in [1.29, 1.82) is 0 Å². The van der Waals surface area contributed by atoms with Gasteiger partial charge >= 0.3 is 0 Å². The molecule has 1 unspecified atom stereocenters. The van der Waals surface area contributed by atoms with Gasteiger partial charge in [0, 0.05) is 34.2 Å². The van der Waals surface area contributed by atoms with E-state index in [2.05, 4.69) is 25.6 Å². The number of hydrazone groups is 1. The van der Waals surface area contributed by atoms with Crippen molar-refractivity contribution < 1.29 is 14.7 Å². The van der Waals surface area contributed by atoms with Crippen LogP contribution in [0.1, 0.15) is 36.8 Å². The Morgan fingerprint density at radius 1 is 1.07 bits per heavy atom. The molecule has 0 aliphatic carbocycles. The van der Waals surface area contributed by atoms with Gasteiger partial charge in [-0.15, -0.1) is 9.69 Å². The van der Waals surface area contributed by atoms with Gasteiger partial charge in [0.25, 0.3) is 5.69 Å². The van der Waals surface area contributed by atoms with Crippen LogP contribution in [-0.4, -0.2) is 38.5 Å². The Kier molecular flexibility index (Phi) is 4.74. The summed E-state index contributed by atoms with van der Waals surface area (Å²) in [5, 5.41) is 24.7. The van der Waals surface area contributed by atoms with Gasteiger partial charge in [-0.1, -0.05) is 28.1 Å². The van der Waals surface area contributed by atoms with Gasteiger partial charge in [0.2, 0.25) is 11.4 Å². The lowest BCUT2D eigenvalue weighted by Crippen LogP contribution is -2.46. The molecule has 0 spiro atoms. The summed E-state index contributed by atoms with van der Waals surface area (Å²) in [6, 6.07) is 14.4. The fraction of sp³-hybridized carbons (Fsp3) is 0.350. The van der Waals surface area contributed by atoms with Crippen molar-refractivity contribution in [3.05, 3.63) is 74.2 Å². The van der Waals surface area contributed by atoms with Crippen LogP contribution in [0.15, 0.2) is 53.0 Å². The standard InChI is InChI=1S/C20H21BrN3O3/c21-17-8-6-16(7-9-17)20(25)14-19(22-12-2-1-3-13-23(20)22)15-4-10-18(11-5-15)24(26)27/h4-11,25H,1-3,12-14H2/q+1. The third-order valence-electron chi connectivity index (χ3n) is 5.40. The van der Waals surface area contributed by atoms with E-state index >= 15 is 0 Å². The second-order valence-electron chi connectivity index (χ2n) is 7.06. The van der Waals surface area contributed by atoms with Crippen LogP contribution >= 0.6 is 15.9 Å². The quantitative estimate of drug-likeness (QED) is 0.456. The summed E-state index contributed by atoms with van der Waals surface area (Å²) >= 11 is 3.45. The van der Waals surface area contributed by atoms with Gasteiger partial charge in [0.1, 0.15) is 0 Å². The number of hydrogen-bond acceptors (Lipinski definition) is 4. The maximum atomic E-state index is 11.7. The van der Waals surface area contributed by atoms with E-state index in [1.54, 1.807) is 12.1 Å². The van der Waals surface area contributed by atoms with Crippen LogP contribution in [-0.2, 0) is 5.72 Å². The molecular weight excluding hydrogens is 410 g/mol. The second-order valence-corrected chi connectivity index (χ2v) is 7.97. The van der Waals surface area contributed by atoms with Gasteiger partial charge in [0.15, 0.2) is 6.54 Å². The number of nitro groups is 1. The fourth-order valence-electron chi connectivity index (χ4n) is 4.02. The van der Waals surface area contributed by atoms with Crippen molar-refractivity contribution in [2.24, 2.45) is 0 Å². The lowest BCUT2D eigenvalue weighted by Gasteiger charge is -2.30. The van der Waals surface area contributed by atoms with Gasteiger partial charge in [-0.3, -0.25) is 10.1 Å². The second kappa shape index (κ2) is 7.05. The normalized spacial score (nSPS) is 22.5. The van der Waals surface area contributed by atoms with E-state index in [1.165, 1.54) is 12.1 Å². The molecule has 0 amide bonds. The van der Waals surface area contributed by atoms with Gasteiger partial charge < -0.3 is 5.11 Å². The number of benzene rings is 2. The SMILES string of the molecule is O=[N+]([O-])c1ccc(C2=[N+]3CCCCCN3C(O)(c3ccc(Br)cc3)C2)cc1. The number of halogens is 1. The minimum atomic E-state index is -1.11. The average molecular weight is 431 g/mol. The van der Waals surface area contributed by atoms with Crippen LogP contribution in [0.5, 0.6) is 0 Å². The largest absolute Gasteiger partial charge is 0.362 e. The third kappa shape index (κ3) is 3.26. The smallest absolute Gasteiger partial charge is 0.269 e. The highest BCUT2D eigenvalue weighted by atomic mass is 79.9. The number of fused-ring (bicyclic) bond motifs is 1. The van der Waals surface area contributed by atoms with E-state index in [0.29, 0.717) is 6.42 Å². The van der Waals surface area contributed by atoms with Crippen LogP contribution < -0.4 is 0 Å². The zero-order valence-corrected chi connectivity index (χ0v) is 16.4. The topological polar surface area (TPSA) is 69.6 Å². The molecule has 2 heterocycles. The molecule has 1 atom stereocenters. The van der Waals surface area contributed by atoms with Gasteiger partial charge in [0.05, 0.1) is 17.9 Å². The minimum Gasteiger partial charge on any atom is -0.362 e. The molecule has 0 aromatic heterocycles. The summed E-state index contributed by atoms with van der Waals surface area (Å²) in [6.45, 7) is 1.62. The number of rotatable bonds is 3. The van der Waals surface area contributed by atoms with Crippen molar-refractivity contribution >= 4 is 27.3 Å². The number of nitro benzene ring substituents is 1. The van der Waals surface area contributed by atoms with E-state index in [4.69, 9.17) is 0 Å². The van der Waals surface area contributed by atoms with Gasteiger partial charge in [-0.2, -0.15) is 0 Å². The summed E-state index contributed by atoms with van der Waals surface area (Å²) in [7, 11) is 0. The zero-order chi connectivity index (χ0) is 19.0. The fourth-order valence-corrected chi connectivity index (χ4v) is 4.28. The molecule has 6 nitrogen and oxygen atoms in total. The number of nitrogens with zero attached hydrogens (tertiary/aromatic N) is 3. The van der Waals surface area contributed by atoms with Gasteiger partial charge in [-0.25, -0.2) is 0 Å². The number of hydrogen-bond donors (Lipinski definition) is 1. The van der Waals surface area contributed by atoms with Gasteiger partial charge in [-0.05, 0) is 37.1 Å². The first-order chi connectivity index (χ1) is 13.0. The Balaban J connectivity index is 1.77. The Bertz CT molecular complexity index is 896. The highest BCUT2D eigenvalue weighted by molar-refractivity contribution is 9.10. The zero-order valence-electron chi connectivity index (χ0n) is 14.8.